The number of rotatable bonds is 10. The van der Waals surface area contributed by atoms with Crippen LogP contribution >= 0.6 is 0 Å². The number of benzene rings is 1. The molecule has 2 heterocycles. The first-order chi connectivity index (χ1) is 17.2. The van der Waals surface area contributed by atoms with Crippen LogP contribution in [0.15, 0.2) is 23.1 Å². The Morgan fingerprint density at radius 3 is 2.00 bits per heavy atom. The van der Waals surface area contributed by atoms with Crippen molar-refractivity contribution in [3.63, 3.8) is 0 Å². The standard InChI is InChI=1S/C16H25N3O5S.C9H20N2O/c1-11-6-13(3)18(9-11)10-14(20)8-17-25(23,24)15-5-4-12(2)16(7-15)19(21)22;1-7-3-8(2)11(5-7)6-9(12)4-10/h4-5,7,11,13-14,17,20H,6,8-10H2,1-3H3;7-9,12H,3-6,10H2,1-2H3/t11?,13?,14-;7?,8?,9-/m01/s1. The van der Waals surface area contributed by atoms with E-state index in [2.05, 4.69) is 42.2 Å². The lowest BCUT2D eigenvalue weighted by atomic mass is 10.1. The van der Waals surface area contributed by atoms with Crippen LogP contribution in [0.3, 0.4) is 0 Å². The fourth-order valence-corrected chi connectivity index (χ4v) is 6.30. The lowest BCUT2D eigenvalue weighted by Gasteiger charge is -2.24. The quantitative estimate of drug-likeness (QED) is 0.252. The number of nitrogens with one attached hydrogen (secondary N) is 1. The van der Waals surface area contributed by atoms with Gasteiger partial charge in [0, 0.05) is 63.0 Å². The van der Waals surface area contributed by atoms with Crippen LogP contribution in [0.2, 0.25) is 0 Å². The van der Waals surface area contributed by atoms with Crippen LogP contribution in [0, 0.1) is 28.9 Å². The number of sulfonamides is 1. The normalized spacial score (nSPS) is 26.5. The molecule has 0 amide bonds. The molecule has 37 heavy (non-hydrogen) atoms. The van der Waals surface area contributed by atoms with Gasteiger partial charge in [-0.3, -0.25) is 19.9 Å². The zero-order valence-electron chi connectivity index (χ0n) is 22.7. The van der Waals surface area contributed by atoms with Gasteiger partial charge in [-0.25, -0.2) is 13.1 Å². The summed E-state index contributed by atoms with van der Waals surface area (Å²) in [6, 6.07) is 4.73. The van der Waals surface area contributed by atoms with Crippen molar-refractivity contribution in [1.82, 2.24) is 14.5 Å². The van der Waals surface area contributed by atoms with Crippen molar-refractivity contribution in [1.29, 1.82) is 0 Å². The molecule has 11 nitrogen and oxygen atoms in total. The molecule has 12 heteroatoms. The van der Waals surface area contributed by atoms with E-state index in [1.165, 1.54) is 18.6 Å². The van der Waals surface area contributed by atoms with Crippen molar-refractivity contribution in [2.75, 3.05) is 39.3 Å². The maximum absolute atomic E-state index is 12.3. The molecular weight excluding hydrogens is 498 g/mol. The van der Waals surface area contributed by atoms with E-state index in [-0.39, 0.29) is 23.2 Å². The number of aliphatic hydroxyl groups is 2. The van der Waals surface area contributed by atoms with Crippen LogP contribution in [-0.4, -0.2) is 96.9 Å². The summed E-state index contributed by atoms with van der Waals surface area (Å²) in [7, 11) is -3.92. The largest absolute Gasteiger partial charge is 0.390 e. The van der Waals surface area contributed by atoms with Crippen molar-refractivity contribution >= 4 is 15.7 Å². The van der Waals surface area contributed by atoms with E-state index >= 15 is 0 Å². The van der Waals surface area contributed by atoms with Crippen molar-refractivity contribution < 1.29 is 23.6 Å². The predicted molar refractivity (Wildman–Crippen MR) is 144 cm³/mol. The number of likely N-dealkylation sites (tertiary alicyclic amines) is 2. The molecule has 2 aliphatic rings. The molecule has 2 aliphatic heterocycles. The van der Waals surface area contributed by atoms with Gasteiger partial charge in [0.15, 0.2) is 0 Å². The number of hydrogen-bond acceptors (Lipinski definition) is 9. The second kappa shape index (κ2) is 13.9. The Kier molecular flexibility index (Phi) is 11.9. The Balaban J connectivity index is 0.000000335. The Morgan fingerprint density at radius 1 is 1.05 bits per heavy atom. The highest BCUT2D eigenvalue weighted by molar-refractivity contribution is 7.89. The minimum absolute atomic E-state index is 0.137. The van der Waals surface area contributed by atoms with Gasteiger partial charge in [-0.1, -0.05) is 19.9 Å². The van der Waals surface area contributed by atoms with Crippen molar-refractivity contribution in [3.8, 4) is 0 Å². The summed E-state index contributed by atoms with van der Waals surface area (Å²) in [5.74, 6) is 1.33. The highest BCUT2D eigenvalue weighted by Gasteiger charge is 2.29. The van der Waals surface area contributed by atoms with Crippen molar-refractivity contribution in [2.45, 2.75) is 76.6 Å². The lowest BCUT2D eigenvalue weighted by Crippen LogP contribution is -2.41. The molecular formula is C25H45N5O6S. The van der Waals surface area contributed by atoms with E-state index in [9.17, 15) is 28.7 Å². The summed E-state index contributed by atoms with van der Waals surface area (Å²) in [6.45, 7) is 13.6. The van der Waals surface area contributed by atoms with Gasteiger partial charge in [0.1, 0.15) is 0 Å². The molecule has 0 bridgehead atoms. The number of nitro benzene ring substituents is 1. The topological polar surface area (TPSA) is 162 Å². The molecule has 6 atom stereocenters. The third-order valence-corrected chi connectivity index (χ3v) is 8.61. The summed E-state index contributed by atoms with van der Waals surface area (Å²) in [6.07, 6.45) is 1.11. The summed E-state index contributed by atoms with van der Waals surface area (Å²) in [5, 5.41) is 30.5. The van der Waals surface area contributed by atoms with Gasteiger partial charge in [-0.15, -0.1) is 0 Å². The van der Waals surface area contributed by atoms with Crippen LogP contribution in [0.4, 0.5) is 5.69 Å². The van der Waals surface area contributed by atoms with Gasteiger partial charge < -0.3 is 15.9 Å². The van der Waals surface area contributed by atoms with Crippen LogP contribution in [-0.2, 0) is 10.0 Å². The van der Waals surface area contributed by atoms with Gasteiger partial charge in [0.25, 0.3) is 5.69 Å². The Labute approximate surface area is 221 Å². The Hall–Kier alpha value is -1.67. The SMILES string of the molecule is CC1CC(C)N(C[C@H](O)CN)C1.Cc1ccc(S(=O)(=O)NC[C@H](O)CN2CC(C)CC2C)cc1[N+](=O)[O-]. The van der Waals surface area contributed by atoms with Gasteiger partial charge in [-0.2, -0.15) is 0 Å². The van der Waals surface area contributed by atoms with Gasteiger partial charge in [0.05, 0.1) is 22.0 Å². The van der Waals surface area contributed by atoms with Crippen LogP contribution in [0.25, 0.3) is 0 Å². The number of nitro groups is 1. The smallest absolute Gasteiger partial charge is 0.273 e. The van der Waals surface area contributed by atoms with E-state index in [1.54, 1.807) is 6.92 Å². The second-order valence-electron chi connectivity index (χ2n) is 10.9. The first-order valence-electron chi connectivity index (χ1n) is 13.0. The summed E-state index contributed by atoms with van der Waals surface area (Å²) >= 11 is 0. The average molecular weight is 544 g/mol. The zero-order chi connectivity index (χ0) is 27.9. The molecule has 2 saturated heterocycles. The predicted octanol–water partition coefficient (Wildman–Crippen LogP) is 1.31. The molecule has 212 valence electrons. The van der Waals surface area contributed by atoms with Gasteiger partial charge in [0.2, 0.25) is 10.0 Å². The second-order valence-corrected chi connectivity index (χ2v) is 12.7. The highest BCUT2D eigenvalue weighted by Crippen LogP contribution is 2.24. The number of hydrogen-bond donors (Lipinski definition) is 4. The molecule has 0 aromatic heterocycles. The molecule has 2 fully saturated rings. The summed E-state index contributed by atoms with van der Waals surface area (Å²) < 4.78 is 27.0. The number of β-amino-alcohol motifs (C(OH)–C–C–N with tert-alkyl or cyclic N) is 2. The van der Waals surface area contributed by atoms with E-state index in [4.69, 9.17) is 5.73 Å². The Morgan fingerprint density at radius 2 is 1.57 bits per heavy atom. The van der Waals surface area contributed by atoms with E-state index < -0.39 is 21.1 Å². The van der Waals surface area contributed by atoms with Gasteiger partial charge in [-0.05, 0) is 51.5 Å². The molecule has 0 radical (unpaired) electrons. The maximum atomic E-state index is 12.3. The monoisotopic (exact) mass is 543 g/mol. The average Bonchev–Trinajstić information content (AvgIpc) is 3.30. The summed E-state index contributed by atoms with van der Waals surface area (Å²) in [4.78, 5) is 14.6. The van der Waals surface area contributed by atoms with Crippen LogP contribution in [0.5, 0.6) is 0 Å². The van der Waals surface area contributed by atoms with Gasteiger partial charge >= 0.3 is 0 Å². The molecule has 0 aliphatic carbocycles. The zero-order valence-corrected chi connectivity index (χ0v) is 23.5. The molecule has 3 rings (SSSR count). The molecule has 1 aromatic carbocycles. The first kappa shape index (κ1) is 31.5. The number of aryl methyl sites for hydroxylation is 1. The maximum Gasteiger partial charge on any atom is 0.273 e. The third kappa shape index (κ3) is 9.54. The number of aliphatic hydroxyl groups excluding tert-OH is 2. The lowest BCUT2D eigenvalue weighted by molar-refractivity contribution is -0.385. The minimum atomic E-state index is -3.92. The summed E-state index contributed by atoms with van der Waals surface area (Å²) in [5.41, 5.74) is 5.50. The molecule has 5 N–H and O–H groups in total. The van der Waals surface area contributed by atoms with E-state index in [0.29, 0.717) is 36.7 Å². The fraction of sp³-hybridized carbons (Fsp3) is 0.760. The van der Waals surface area contributed by atoms with E-state index in [1.807, 2.05) is 0 Å². The fourth-order valence-electron chi connectivity index (χ4n) is 5.20. The minimum Gasteiger partial charge on any atom is -0.390 e. The first-order valence-corrected chi connectivity index (χ1v) is 14.5. The number of nitrogens with two attached hydrogens (primary N) is 1. The van der Waals surface area contributed by atoms with Crippen molar-refractivity contribution in [3.05, 3.63) is 33.9 Å². The molecule has 0 spiro atoms. The molecule has 0 saturated carbocycles. The molecule has 4 unspecified atom stereocenters. The van der Waals surface area contributed by atoms with E-state index in [0.717, 1.165) is 38.0 Å². The molecule has 1 aromatic rings. The van der Waals surface area contributed by atoms with Crippen LogP contribution in [0.1, 0.15) is 46.1 Å². The van der Waals surface area contributed by atoms with Crippen molar-refractivity contribution in [2.24, 2.45) is 17.6 Å². The number of nitrogens with zero attached hydrogens (tertiary/aromatic N) is 3. The third-order valence-electron chi connectivity index (χ3n) is 7.19. The Bertz CT molecular complexity index is 994. The van der Waals surface area contributed by atoms with Crippen LogP contribution < -0.4 is 10.5 Å². The highest BCUT2D eigenvalue weighted by atomic mass is 32.2.